The van der Waals surface area contributed by atoms with Crippen molar-refractivity contribution >= 4 is 23.9 Å². The number of esters is 2. The topological polar surface area (TPSA) is 673 Å². The van der Waals surface area contributed by atoms with E-state index >= 15 is 0 Å². The van der Waals surface area contributed by atoms with Crippen molar-refractivity contribution in [3.05, 3.63) is 0 Å². The maximum absolute atomic E-state index is 13.2. The first kappa shape index (κ1) is 109. The summed E-state index contributed by atoms with van der Waals surface area (Å²) in [5, 5.41) is 231. The standard InChI is InChI=1S/2C38H68O20.C3H9N/c2*1-3-5-7-9-11-13-20(15-25(42)43)52-26(44)16-21(14-12-10-8-6-4-2)53-36-32(50)29(47)34(23(18-40)55-36)58-38-33(51)30(48)35(24(19-41)56-38)57-37-31(49)28(46)27(45)22(17-39)54-37;1-2-3-4/h2*20-24,27-41,45-51H,3-19H2,1-2H3,(H,42,43);2-4H2,1H3. The molecule has 6 rings (SSSR count). The predicted molar refractivity (Wildman–Crippen MR) is 410 cm³/mol. The molecule has 34 unspecified atom stereocenters. The van der Waals surface area contributed by atoms with Crippen LogP contribution in [0.1, 0.15) is 221 Å². The zero-order valence-electron chi connectivity index (χ0n) is 69.9. The fourth-order valence-electron chi connectivity index (χ4n) is 14.7. The van der Waals surface area contributed by atoms with Crippen LogP contribution in [0.3, 0.4) is 0 Å². The highest BCUT2D eigenvalue weighted by molar-refractivity contribution is 5.72. The largest absolute Gasteiger partial charge is 0.550 e. The van der Waals surface area contributed by atoms with Gasteiger partial charge in [-0.05, 0) is 44.9 Å². The molecular weight excluding hydrogens is 1600 g/mol. The molecule has 706 valence electrons. The summed E-state index contributed by atoms with van der Waals surface area (Å²) in [6, 6.07) is 0. The molecule has 34 atom stereocenters. The predicted octanol–water partition coefficient (Wildman–Crippen LogP) is -5.06. The van der Waals surface area contributed by atoms with Crippen molar-refractivity contribution in [2.75, 3.05) is 46.2 Å². The van der Waals surface area contributed by atoms with Gasteiger partial charge in [0, 0.05) is 12.4 Å². The van der Waals surface area contributed by atoms with Gasteiger partial charge in [0.05, 0.1) is 77.7 Å². The summed E-state index contributed by atoms with van der Waals surface area (Å²) in [6.07, 6.45) is -36.3. The number of unbranched alkanes of at least 4 members (excludes halogenated alkanes) is 16. The Hall–Kier alpha value is -3.44. The second-order valence-electron chi connectivity index (χ2n) is 31.6. The van der Waals surface area contributed by atoms with Crippen molar-refractivity contribution in [3.63, 3.8) is 0 Å². The Morgan fingerprint density at radius 2 is 0.533 bits per heavy atom. The monoisotopic (exact) mass is 1750 g/mol. The highest BCUT2D eigenvalue weighted by Crippen LogP contribution is 2.37. The van der Waals surface area contributed by atoms with Crippen LogP contribution in [-0.4, -0.2) is 386 Å². The number of aliphatic hydroxyl groups excluding tert-OH is 20. The number of carbonyl (C=O) groups excluding carboxylic acids is 3. The van der Waals surface area contributed by atoms with Crippen LogP contribution in [0.15, 0.2) is 0 Å². The summed E-state index contributed by atoms with van der Waals surface area (Å²) in [5.41, 5.74) is 3.60. The van der Waals surface area contributed by atoms with Crippen LogP contribution in [0.25, 0.3) is 0 Å². The van der Waals surface area contributed by atoms with Crippen LogP contribution < -0.4 is 10.8 Å². The lowest BCUT2D eigenvalue weighted by Gasteiger charge is -2.48. The first-order chi connectivity index (χ1) is 57.3. The second kappa shape index (κ2) is 58.8. The van der Waals surface area contributed by atoms with Gasteiger partial charge in [-0.15, -0.1) is 0 Å². The molecule has 6 aliphatic heterocycles. The summed E-state index contributed by atoms with van der Waals surface area (Å²) in [4.78, 5) is 49.2. The number of hydrogen-bond acceptors (Lipinski definition) is 39. The zero-order chi connectivity index (χ0) is 89.3. The molecule has 6 saturated heterocycles. The molecule has 0 saturated carbocycles. The molecule has 6 heterocycles. The summed E-state index contributed by atoms with van der Waals surface area (Å²) in [6.45, 7) is 6.55. The third-order valence-electron chi connectivity index (χ3n) is 21.9. The number of carbonyl (C=O) groups is 4. The first-order valence-corrected chi connectivity index (χ1v) is 43.0. The number of hydrogen-bond donors (Lipinski definition) is 22. The van der Waals surface area contributed by atoms with E-state index < -0.39 is 279 Å². The normalized spacial score (nSPS) is 35.7. The van der Waals surface area contributed by atoms with Gasteiger partial charge in [-0.1, -0.05) is 150 Å². The summed E-state index contributed by atoms with van der Waals surface area (Å²) < 4.78 is 79.3. The van der Waals surface area contributed by atoms with Gasteiger partial charge in [-0.3, -0.25) is 14.4 Å². The number of quaternary nitrogens is 1. The van der Waals surface area contributed by atoms with Gasteiger partial charge in [0.2, 0.25) is 0 Å². The molecule has 24 N–H and O–H groups in total. The lowest BCUT2D eigenvalue weighted by Crippen LogP contribution is -2.66. The Kier molecular flexibility index (Phi) is 53.4. The molecule has 41 nitrogen and oxygen atoms in total. The molecule has 0 aromatic heterocycles. The van der Waals surface area contributed by atoms with E-state index in [2.05, 4.69) is 40.4 Å². The number of carboxylic acid groups (broad SMARTS) is 2. The van der Waals surface area contributed by atoms with E-state index in [0.717, 1.165) is 109 Å². The van der Waals surface area contributed by atoms with Crippen molar-refractivity contribution in [2.45, 2.75) is 429 Å². The van der Waals surface area contributed by atoms with Crippen molar-refractivity contribution in [1.29, 1.82) is 0 Å². The third kappa shape index (κ3) is 35.0. The molecule has 0 radical (unpaired) electrons. The Labute approximate surface area is 700 Å². The number of ether oxygens (including phenoxy) is 14. The van der Waals surface area contributed by atoms with Crippen LogP contribution in [-0.2, 0) is 85.5 Å². The van der Waals surface area contributed by atoms with Crippen LogP contribution in [0.4, 0.5) is 0 Å². The minimum absolute atomic E-state index is 0.308. The third-order valence-corrected chi connectivity index (χ3v) is 21.9. The van der Waals surface area contributed by atoms with Crippen molar-refractivity contribution in [2.24, 2.45) is 0 Å². The Balaban J connectivity index is 0.000000482. The maximum atomic E-state index is 13.2. The average molecular weight is 1750 g/mol. The van der Waals surface area contributed by atoms with Crippen LogP contribution in [0, 0.1) is 0 Å². The van der Waals surface area contributed by atoms with E-state index in [0.29, 0.717) is 51.4 Å². The molecule has 0 aliphatic carbocycles. The number of aliphatic carboxylic acids is 2. The number of aliphatic hydroxyl groups is 20. The minimum Gasteiger partial charge on any atom is -0.550 e. The van der Waals surface area contributed by atoms with Crippen molar-refractivity contribution in [1.82, 2.24) is 0 Å². The van der Waals surface area contributed by atoms with Gasteiger partial charge in [0.1, 0.15) is 159 Å². The van der Waals surface area contributed by atoms with E-state index in [-0.39, 0.29) is 19.3 Å². The maximum Gasteiger partial charge on any atom is 0.308 e. The van der Waals surface area contributed by atoms with Crippen molar-refractivity contribution < 1.29 is 204 Å². The van der Waals surface area contributed by atoms with Crippen LogP contribution >= 0.6 is 0 Å². The molecule has 41 heteroatoms. The van der Waals surface area contributed by atoms with Gasteiger partial charge in [-0.25, -0.2) is 0 Å². The molecule has 0 bridgehead atoms. The molecule has 0 aromatic rings. The molecular formula is C79H145NO40. The zero-order valence-corrected chi connectivity index (χ0v) is 69.9. The van der Waals surface area contributed by atoms with Gasteiger partial charge < -0.3 is 189 Å². The molecule has 0 aromatic carbocycles. The van der Waals surface area contributed by atoms with Gasteiger partial charge >= 0.3 is 17.9 Å². The summed E-state index contributed by atoms with van der Waals surface area (Å²) in [7, 11) is 0. The van der Waals surface area contributed by atoms with Gasteiger partial charge in [0.25, 0.3) is 0 Å². The number of rotatable bonds is 53. The molecule has 6 fully saturated rings. The molecule has 0 amide bonds. The first-order valence-electron chi connectivity index (χ1n) is 43.0. The van der Waals surface area contributed by atoms with Crippen molar-refractivity contribution in [3.8, 4) is 0 Å². The van der Waals surface area contributed by atoms with Crippen LogP contribution in [0.5, 0.6) is 0 Å². The Morgan fingerprint density at radius 1 is 0.300 bits per heavy atom. The van der Waals surface area contributed by atoms with E-state index in [1.54, 1.807) is 0 Å². The van der Waals surface area contributed by atoms with Crippen LogP contribution in [0.2, 0.25) is 0 Å². The Bertz CT molecular complexity index is 2540. The Morgan fingerprint density at radius 3 is 0.783 bits per heavy atom. The summed E-state index contributed by atoms with van der Waals surface area (Å²) >= 11 is 0. The fraction of sp³-hybridized carbons (Fsp3) is 0.949. The van der Waals surface area contributed by atoms with E-state index in [9.17, 15) is 132 Å². The fourth-order valence-corrected chi connectivity index (χ4v) is 14.7. The smallest absolute Gasteiger partial charge is 0.308 e. The number of carboxylic acids is 2. The highest BCUT2D eigenvalue weighted by Gasteiger charge is 2.57. The van der Waals surface area contributed by atoms with Gasteiger partial charge in [0.15, 0.2) is 37.7 Å². The quantitative estimate of drug-likeness (QED) is 0.0200. The highest BCUT2D eigenvalue weighted by atomic mass is 16.8. The van der Waals surface area contributed by atoms with E-state index in [4.69, 9.17) is 66.3 Å². The molecule has 6 aliphatic rings. The lowest BCUT2D eigenvalue weighted by molar-refractivity contribution is -0.380. The second-order valence-corrected chi connectivity index (χ2v) is 31.6. The van der Waals surface area contributed by atoms with Gasteiger partial charge in [-0.2, -0.15) is 0 Å². The van der Waals surface area contributed by atoms with E-state index in [1.807, 2.05) is 0 Å². The van der Waals surface area contributed by atoms with E-state index in [1.165, 1.54) is 6.42 Å². The molecule has 0 spiro atoms. The SMILES string of the molecule is CCCCCCCC(CC(=O)O)OC(=O)CC(CCCCCCC)OC1OC(CO)C(OC2OC(CO)C(OC3OC(CO)C(O)C(O)C3O)C(O)C2O)C(O)C1O.CCCCCCCC(CC(=O)[O-])OC(=O)CC(CCCCCCC)OC1OC(CO)C(OC2OC(CO)C(OC3OC(CO)C(O)C(O)C3O)C(O)C2O)C(O)C1O.CCC[NH3+]. The lowest BCUT2D eigenvalue weighted by atomic mass is 9.96. The average Bonchev–Trinajstić information content (AvgIpc) is 0.790. The summed E-state index contributed by atoms with van der Waals surface area (Å²) in [5.74, 6) is -3.91. The minimum atomic E-state index is -1.99. The molecule has 120 heavy (non-hydrogen) atoms.